The van der Waals surface area contributed by atoms with Crippen LogP contribution < -0.4 is 5.73 Å². The first-order valence-electron chi connectivity index (χ1n) is 4.91. The van der Waals surface area contributed by atoms with Gasteiger partial charge in [0.05, 0.1) is 5.52 Å². The summed E-state index contributed by atoms with van der Waals surface area (Å²) < 4.78 is 5.28. The van der Waals surface area contributed by atoms with Crippen LogP contribution in [0, 0.1) is 0 Å². The Hall–Kier alpha value is -0.940. The molecule has 5 heteroatoms. The highest BCUT2D eigenvalue weighted by Crippen LogP contribution is 2.19. The van der Waals surface area contributed by atoms with E-state index in [9.17, 15) is 4.79 Å². The molecule has 0 fully saturated rings. The number of fused-ring (bicyclic) bond motifs is 1. The summed E-state index contributed by atoms with van der Waals surface area (Å²) in [5.74, 6) is -0.211. The van der Waals surface area contributed by atoms with Gasteiger partial charge in [-0.2, -0.15) is 4.37 Å². The first-order chi connectivity index (χ1) is 7.63. The highest BCUT2D eigenvalue weighted by Gasteiger charge is 1.94. The second-order valence-electron chi connectivity index (χ2n) is 3.23. The fourth-order valence-corrected chi connectivity index (χ4v) is 2.07. The van der Waals surface area contributed by atoms with Gasteiger partial charge in [-0.3, -0.25) is 4.79 Å². The molecule has 86 valence electrons. The van der Waals surface area contributed by atoms with Gasteiger partial charge < -0.3 is 5.73 Å². The molecule has 2 N–H and O–H groups in total. The maximum atomic E-state index is 9.82. The first kappa shape index (κ1) is 13.1. The van der Waals surface area contributed by atoms with E-state index in [-0.39, 0.29) is 5.91 Å². The minimum Gasteiger partial charge on any atom is -0.370 e. The molecule has 0 spiro atoms. The molecule has 1 aromatic heterocycles. The minimum atomic E-state index is -0.211. The summed E-state index contributed by atoms with van der Waals surface area (Å²) in [6, 6.07) is 6.10. The van der Waals surface area contributed by atoms with Gasteiger partial charge in [0, 0.05) is 21.7 Å². The molecule has 0 unspecified atom stereocenters. The van der Waals surface area contributed by atoms with Crippen molar-refractivity contribution in [3.63, 3.8) is 0 Å². The van der Waals surface area contributed by atoms with E-state index in [4.69, 9.17) is 5.73 Å². The Bertz CT molecular complexity index is 470. The Balaban J connectivity index is 0.000000187. The van der Waals surface area contributed by atoms with Crippen LogP contribution in [0.15, 0.2) is 28.1 Å². The van der Waals surface area contributed by atoms with Gasteiger partial charge >= 0.3 is 0 Å². The summed E-state index contributed by atoms with van der Waals surface area (Å²) in [6.07, 6.45) is 1.37. The smallest absolute Gasteiger partial charge is 0.217 e. The molecule has 0 saturated carbocycles. The Labute approximate surface area is 107 Å². The molecule has 0 saturated heterocycles. The van der Waals surface area contributed by atoms with Gasteiger partial charge in [-0.25, -0.2) is 0 Å². The molecule has 0 aliphatic rings. The Morgan fingerprint density at radius 3 is 2.88 bits per heavy atom. The molecule has 0 aliphatic carbocycles. The molecule has 3 nitrogen and oxygen atoms in total. The van der Waals surface area contributed by atoms with Crippen molar-refractivity contribution in [2.75, 3.05) is 0 Å². The number of amides is 1. The van der Waals surface area contributed by atoms with Crippen LogP contribution >= 0.6 is 27.5 Å². The fourth-order valence-electron chi connectivity index (χ4n) is 1.08. The molecule has 0 aliphatic heterocycles. The van der Waals surface area contributed by atoms with Crippen LogP contribution in [0.3, 0.4) is 0 Å². The van der Waals surface area contributed by atoms with Crippen molar-refractivity contribution in [2.24, 2.45) is 5.73 Å². The molecule has 0 radical (unpaired) electrons. The van der Waals surface area contributed by atoms with Crippen molar-refractivity contribution in [2.45, 2.75) is 19.8 Å². The fraction of sp³-hybridized carbons (Fsp3) is 0.273. The number of carbonyl (C=O) groups is 1. The number of hydrogen-bond donors (Lipinski definition) is 1. The van der Waals surface area contributed by atoms with Crippen molar-refractivity contribution < 1.29 is 4.79 Å². The third-order valence-electron chi connectivity index (χ3n) is 1.82. The summed E-state index contributed by atoms with van der Waals surface area (Å²) in [5.41, 5.74) is 5.83. The van der Waals surface area contributed by atoms with Crippen LogP contribution in [0.5, 0.6) is 0 Å². The molecule has 0 atom stereocenters. The van der Waals surface area contributed by atoms with Gasteiger partial charge in [-0.15, -0.1) is 0 Å². The van der Waals surface area contributed by atoms with E-state index in [1.165, 1.54) is 16.9 Å². The topological polar surface area (TPSA) is 56.0 Å². The van der Waals surface area contributed by atoms with Crippen LogP contribution in [0.25, 0.3) is 10.9 Å². The molecular weight excluding hydrogens is 288 g/mol. The number of primary amides is 1. The summed E-state index contributed by atoms with van der Waals surface area (Å²) in [5, 5.41) is 3.26. The van der Waals surface area contributed by atoms with Gasteiger partial charge in [-0.05, 0) is 30.1 Å². The Morgan fingerprint density at radius 2 is 2.31 bits per heavy atom. The standard InChI is InChI=1S/C7H4BrNS.C4H9NO/c8-6-2-1-5-4-10-9-7(5)3-6;1-2-3-4(5)6/h1-4H;2-3H2,1H3,(H2,5,6). The van der Waals surface area contributed by atoms with Crippen LogP contribution in [0.2, 0.25) is 0 Å². The van der Waals surface area contributed by atoms with E-state index >= 15 is 0 Å². The maximum Gasteiger partial charge on any atom is 0.217 e. The summed E-state index contributed by atoms with van der Waals surface area (Å²) >= 11 is 4.87. The number of carbonyl (C=O) groups excluding carboxylic acids is 1. The third kappa shape index (κ3) is 4.28. The number of nitrogens with two attached hydrogens (primary N) is 1. The Morgan fingerprint density at radius 1 is 1.56 bits per heavy atom. The lowest BCUT2D eigenvalue weighted by Gasteiger charge is -1.87. The molecule has 2 aromatic rings. The first-order valence-corrected chi connectivity index (χ1v) is 6.54. The van der Waals surface area contributed by atoms with Crippen molar-refractivity contribution in [3.05, 3.63) is 28.1 Å². The number of hydrogen-bond acceptors (Lipinski definition) is 3. The summed E-state index contributed by atoms with van der Waals surface area (Å²) in [4.78, 5) is 9.82. The molecule has 1 aromatic carbocycles. The lowest BCUT2D eigenvalue weighted by atomic mass is 10.3. The monoisotopic (exact) mass is 300 g/mol. The molecule has 16 heavy (non-hydrogen) atoms. The second kappa shape index (κ2) is 6.60. The van der Waals surface area contributed by atoms with Crippen molar-refractivity contribution >= 4 is 44.3 Å². The number of aromatic nitrogens is 1. The van der Waals surface area contributed by atoms with Gasteiger partial charge in [0.1, 0.15) is 0 Å². The quantitative estimate of drug-likeness (QED) is 0.925. The van der Waals surface area contributed by atoms with Gasteiger partial charge in [-0.1, -0.05) is 28.9 Å². The summed E-state index contributed by atoms with van der Waals surface area (Å²) in [6.45, 7) is 1.92. The van der Waals surface area contributed by atoms with E-state index < -0.39 is 0 Å². The van der Waals surface area contributed by atoms with Crippen LogP contribution in [0.1, 0.15) is 19.8 Å². The van der Waals surface area contributed by atoms with Crippen molar-refractivity contribution in [1.29, 1.82) is 0 Å². The van der Waals surface area contributed by atoms with E-state index in [0.29, 0.717) is 6.42 Å². The van der Waals surface area contributed by atoms with E-state index in [1.807, 2.05) is 24.4 Å². The average molecular weight is 301 g/mol. The molecular formula is C11H13BrN2OS. The Kier molecular flexibility index (Phi) is 5.42. The maximum absolute atomic E-state index is 9.82. The van der Waals surface area contributed by atoms with Gasteiger partial charge in [0.15, 0.2) is 0 Å². The zero-order valence-electron chi connectivity index (χ0n) is 8.94. The van der Waals surface area contributed by atoms with Crippen molar-refractivity contribution in [1.82, 2.24) is 4.37 Å². The van der Waals surface area contributed by atoms with Gasteiger partial charge in [0.2, 0.25) is 5.91 Å². The van der Waals surface area contributed by atoms with Crippen molar-refractivity contribution in [3.8, 4) is 0 Å². The van der Waals surface area contributed by atoms with E-state index in [1.54, 1.807) is 0 Å². The van der Waals surface area contributed by atoms with Crippen LogP contribution in [-0.2, 0) is 4.79 Å². The predicted molar refractivity (Wildman–Crippen MR) is 71.4 cm³/mol. The normalized spacial score (nSPS) is 9.62. The van der Waals surface area contributed by atoms with Crippen LogP contribution in [-0.4, -0.2) is 10.3 Å². The largest absolute Gasteiger partial charge is 0.370 e. The lowest BCUT2D eigenvalue weighted by molar-refractivity contribution is -0.118. The summed E-state index contributed by atoms with van der Waals surface area (Å²) in [7, 11) is 0. The zero-order chi connectivity index (χ0) is 12.0. The third-order valence-corrected chi connectivity index (χ3v) is 2.97. The number of halogens is 1. The zero-order valence-corrected chi connectivity index (χ0v) is 11.3. The molecule has 1 amide bonds. The van der Waals surface area contributed by atoms with Crippen LogP contribution in [0.4, 0.5) is 0 Å². The average Bonchev–Trinajstić information content (AvgIpc) is 2.65. The second-order valence-corrected chi connectivity index (χ2v) is 4.78. The molecule has 1 heterocycles. The SMILES string of the molecule is Brc1ccc2csnc2c1.CCCC(N)=O. The number of rotatable bonds is 2. The molecule has 0 bridgehead atoms. The lowest BCUT2D eigenvalue weighted by Crippen LogP contribution is -2.08. The van der Waals surface area contributed by atoms with E-state index in [2.05, 4.69) is 26.4 Å². The number of benzene rings is 1. The predicted octanol–water partition coefficient (Wildman–Crippen LogP) is 3.33. The van der Waals surface area contributed by atoms with Gasteiger partial charge in [0.25, 0.3) is 0 Å². The number of nitrogens with zero attached hydrogens (tertiary/aromatic N) is 1. The highest BCUT2D eigenvalue weighted by molar-refractivity contribution is 9.10. The van der Waals surface area contributed by atoms with E-state index in [0.717, 1.165) is 16.4 Å². The minimum absolute atomic E-state index is 0.211. The highest BCUT2D eigenvalue weighted by atomic mass is 79.9. The molecule has 2 rings (SSSR count).